The summed E-state index contributed by atoms with van der Waals surface area (Å²) in [5.41, 5.74) is 7.46. The number of nitrogens with one attached hydrogen (secondary N) is 1. The fourth-order valence-corrected chi connectivity index (χ4v) is 2.00. The smallest absolute Gasteiger partial charge is 0.122 e. The predicted molar refractivity (Wildman–Crippen MR) is 78.0 cm³/mol. The third kappa shape index (κ3) is 4.10. The van der Waals surface area contributed by atoms with Gasteiger partial charge in [0.05, 0.1) is 0 Å². The van der Waals surface area contributed by atoms with Crippen LogP contribution in [0.25, 0.3) is 0 Å². The van der Waals surface area contributed by atoms with Gasteiger partial charge in [-0.25, -0.2) is 0 Å². The number of nitrogens with two attached hydrogens (primary N) is 1. The number of anilines is 1. The highest BCUT2D eigenvalue weighted by Crippen LogP contribution is 2.19. The van der Waals surface area contributed by atoms with Crippen molar-refractivity contribution in [3.05, 3.63) is 29.8 Å². The number of benzene rings is 1. The van der Waals surface area contributed by atoms with Gasteiger partial charge < -0.3 is 10.6 Å². The van der Waals surface area contributed by atoms with Crippen LogP contribution in [-0.2, 0) is 0 Å². The molecule has 0 aromatic heterocycles. The van der Waals surface area contributed by atoms with Gasteiger partial charge in [-0.3, -0.25) is 5.41 Å². The number of nitrogen functional groups attached to an aromatic ring is 1. The van der Waals surface area contributed by atoms with E-state index < -0.39 is 0 Å². The zero-order valence-corrected chi connectivity index (χ0v) is 11.3. The van der Waals surface area contributed by atoms with Crippen molar-refractivity contribution in [3.8, 4) is 0 Å². The molecule has 0 atom stereocenters. The summed E-state index contributed by atoms with van der Waals surface area (Å²) in [6.07, 6.45) is 3.92. The summed E-state index contributed by atoms with van der Waals surface area (Å²) in [6.45, 7) is 2.30. The second kappa shape index (κ2) is 7.41. The minimum atomic E-state index is 0. The van der Waals surface area contributed by atoms with Crippen molar-refractivity contribution >= 4 is 36.3 Å². The summed E-state index contributed by atoms with van der Waals surface area (Å²) in [7, 11) is 0. The molecular weight excluding hydrogens is 257 g/mol. The van der Waals surface area contributed by atoms with Gasteiger partial charge in [-0.15, -0.1) is 24.8 Å². The van der Waals surface area contributed by atoms with Gasteiger partial charge in [0.2, 0.25) is 0 Å². The van der Waals surface area contributed by atoms with Gasteiger partial charge in [0.15, 0.2) is 0 Å². The number of piperidine rings is 1. The Morgan fingerprint density at radius 1 is 1.00 bits per heavy atom. The van der Waals surface area contributed by atoms with Gasteiger partial charge in [-0.2, -0.15) is 0 Å². The number of halogens is 2. The summed E-state index contributed by atoms with van der Waals surface area (Å²) in [4.78, 5) is 2.40. The van der Waals surface area contributed by atoms with E-state index >= 15 is 0 Å². The lowest BCUT2D eigenvalue weighted by molar-refractivity contribution is 0.578. The monoisotopic (exact) mass is 275 g/mol. The van der Waals surface area contributed by atoms with Crippen molar-refractivity contribution in [2.45, 2.75) is 19.3 Å². The van der Waals surface area contributed by atoms with Crippen LogP contribution in [0.2, 0.25) is 0 Å². The molecule has 1 fully saturated rings. The van der Waals surface area contributed by atoms with Crippen LogP contribution < -0.4 is 10.6 Å². The molecule has 3 N–H and O–H groups in total. The van der Waals surface area contributed by atoms with Crippen LogP contribution in [0.1, 0.15) is 24.8 Å². The van der Waals surface area contributed by atoms with Gasteiger partial charge in [-0.05, 0) is 43.5 Å². The van der Waals surface area contributed by atoms with E-state index in [0.717, 1.165) is 18.7 Å². The van der Waals surface area contributed by atoms with E-state index in [1.165, 1.54) is 24.9 Å². The van der Waals surface area contributed by atoms with Crippen molar-refractivity contribution in [2.24, 2.45) is 5.73 Å². The molecule has 0 aliphatic carbocycles. The van der Waals surface area contributed by atoms with Crippen molar-refractivity contribution in [3.63, 3.8) is 0 Å². The van der Waals surface area contributed by atoms with E-state index in [-0.39, 0.29) is 30.6 Å². The normalized spacial score (nSPS) is 14.5. The summed E-state index contributed by atoms with van der Waals surface area (Å²) in [5, 5.41) is 7.31. The van der Waals surface area contributed by atoms with Crippen LogP contribution in [0.15, 0.2) is 24.3 Å². The maximum Gasteiger partial charge on any atom is 0.122 e. The first-order valence-electron chi connectivity index (χ1n) is 5.47. The van der Waals surface area contributed by atoms with Crippen molar-refractivity contribution in [1.82, 2.24) is 0 Å². The second-order valence-corrected chi connectivity index (χ2v) is 4.01. The maximum absolute atomic E-state index is 7.31. The summed E-state index contributed by atoms with van der Waals surface area (Å²) in [6, 6.07) is 7.96. The molecule has 0 bridgehead atoms. The van der Waals surface area contributed by atoms with E-state index in [9.17, 15) is 0 Å². The van der Waals surface area contributed by atoms with Crippen LogP contribution in [0, 0.1) is 5.41 Å². The zero-order valence-electron chi connectivity index (χ0n) is 9.69. The van der Waals surface area contributed by atoms with Crippen molar-refractivity contribution < 1.29 is 0 Å². The Labute approximate surface area is 115 Å². The Morgan fingerprint density at radius 3 is 2.00 bits per heavy atom. The fraction of sp³-hybridized carbons (Fsp3) is 0.417. The van der Waals surface area contributed by atoms with Gasteiger partial charge in [0, 0.05) is 24.3 Å². The Kier molecular flexibility index (Phi) is 7.00. The highest BCUT2D eigenvalue weighted by molar-refractivity contribution is 5.95. The highest BCUT2D eigenvalue weighted by Gasteiger charge is 2.10. The number of rotatable bonds is 2. The molecule has 0 amide bonds. The lowest BCUT2D eigenvalue weighted by Crippen LogP contribution is -2.29. The molecule has 0 saturated carbocycles. The second-order valence-electron chi connectivity index (χ2n) is 4.01. The summed E-state index contributed by atoms with van der Waals surface area (Å²) in [5.74, 6) is 0.139. The quantitative estimate of drug-likeness (QED) is 0.644. The van der Waals surface area contributed by atoms with E-state index in [1.807, 2.05) is 12.1 Å². The van der Waals surface area contributed by atoms with Gasteiger partial charge in [-0.1, -0.05) is 0 Å². The van der Waals surface area contributed by atoms with Crippen LogP contribution in [0.3, 0.4) is 0 Å². The summed E-state index contributed by atoms with van der Waals surface area (Å²) >= 11 is 0. The van der Waals surface area contributed by atoms with Crippen LogP contribution >= 0.6 is 24.8 Å². The Hall–Kier alpha value is -0.930. The van der Waals surface area contributed by atoms with E-state index in [1.54, 1.807) is 0 Å². The van der Waals surface area contributed by atoms with Gasteiger partial charge in [0.25, 0.3) is 0 Å². The largest absolute Gasteiger partial charge is 0.384 e. The molecule has 96 valence electrons. The van der Waals surface area contributed by atoms with Crippen LogP contribution in [0.4, 0.5) is 5.69 Å². The first-order valence-corrected chi connectivity index (χ1v) is 5.47. The molecule has 0 spiro atoms. The summed E-state index contributed by atoms with van der Waals surface area (Å²) < 4.78 is 0. The first kappa shape index (κ1) is 16.1. The topological polar surface area (TPSA) is 53.1 Å². The molecule has 1 aromatic carbocycles. The Morgan fingerprint density at radius 2 is 1.53 bits per heavy atom. The van der Waals surface area contributed by atoms with Gasteiger partial charge in [0.1, 0.15) is 5.84 Å². The average Bonchev–Trinajstić information content (AvgIpc) is 2.30. The average molecular weight is 276 g/mol. The molecule has 1 saturated heterocycles. The molecule has 1 heterocycles. The lowest BCUT2D eigenvalue weighted by Gasteiger charge is -2.28. The Balaban J connectivity index is 0.00000128. The van der Waals surface area contributed by atoms with Crippen molar-refractivity contribution in [2.75, 3.05) is 18.0 Å². The molecule has 3 nitrogen and oxygen atoms in total. The number of nitrogens with zero attached hydrogens (tertiary/aromatic N) is 1. The van der Waals surface area contributed by atoms with E-state index in [4.69, 9.17) is 11.1 Å². The molecular formula is C12H19Cl2N3. The lowest BCUT2D eigenvalue weighted by atomic mass is 10.1. The predicted octanol–water partition coefficient (Wildman–Crippen LogP) is 2.80. The number of hydrogen-bond acceptors (Lipinski definition) is 2. The highest BCUT2D eigenvalue weighted by atomic mass is 35.5. The Bertz CT molecular complexity index is 345. The minimum absolute atomic E-state index is 0. The van der Waals surface area contributed by atoms with Crippen LogP contribution in [-0.4, -0.2) is 18.9 Å². The standard InChI is InChI=1S/C12H17N3.2ClH/c13-12(14)10-4-6-11(7-5-10)15-8-2-1-3-9-15;;/h4-7H,1-3,8-9H2,(H3,13,14);2*1H. The third-order valence-electron chi connectivity index (χ3n) is 2.90. The molecule has 5 heteroatoms. The van der Waals surface area contributed by atoms with E-state index in [2.05, 4.69) is 17.0 Å². The number of hydrogen-bond donors (Lipinski definition) is 2. The molecule has 17 heavy (non-hydrogen) atoms. The van der Waals surface area contributed by atoms with Crippen molar-refractivity contribution in [1.29, 1.82) is 5.41 Å². The molecule has 0 radical (unpaired) electrons. The third-order valence-corrected chi connectivity index (χ3v) is 2.90. The maximum atomic E-state index is 7.31. The SMILES string of the molecule is Cl.Cl.N=C(N)c1ccc(N2CCCCC2)cc1. The minimum Gasteiger partial charge on any atom is -0.384 e. The zero-order chi connectivity index (χ0) is 10.7. The molecule has 1 aromatic rings. The molecule has 0 unspecified atom stereocenters. The van der Waals surface area contributed by atoms with Gasteiger partial charge >= 0.3 is 0 Å². The molecule has 2 rings (SSSR count). The fourth-order valence-electron chi connectivity index (χ4n) is 2.00. The first-order chi connectivity index (χ1) is 7.27. The molecule has 1 aliphatic heterocycles. The molecule has 1 aliphatic rings. The van der Waals surface area contributed by atoms with Crippen LogP contribution in [0.5, 0.6) is 0 Å². The number of amidine groups is 1. The van der Waals surface area contributed by atoms with E-state index in [0.29, 0.717) is 0 Å².